The van der Waals surface area contributed by atoms with Crippen LogP contribution in [0.4, 0.5) is 11.4 Å². The molecule has 2 N–H and O–H groups in total. The molecule has 1 aromatic carbocycles. The fourth-order valence-corrected chi connectivity index (χ4v) is 4.26. The monoisotopic (exact) mass is 393 g/mol. The van der Waals surface area contributed by atoms with Gasteiger partial charge in [-0.3, -0.25) is 13.9 Å². The molecule has 0 bridgehead atoms. The van der Waals surface area contributed by atoms with Gasteiger partial charge in [-0.25, -0.2) is 8.42 Å². The summed E-state index contributed by atoms with van der Waals surface area (Å²) in [7, 11) is -1.93. The number of hydrogen-bond donors (Lipinski definition) is 2. The Kier molecular flexibility index (Phi) is 5.36. The van der Waals surface area contributed by atoms with Crippen molar-refractivity contribution in [3.05, 3.63) is 42.4 Å². The van der Waals surface area contributed by atoms with Crippen LogP contribution in [0.25, 0.3) is 0 Å². The molecule has 9 nitrogen and oxygen atoms in total. The van der Waals surface area contributed by atoms with Gasteiger partial charge in [0.1, 0.15) is 11.5 Å². The summed E-state index contributed by atoms with van der Waals surface area (Å²) >= 11 is 0. The maximum atomic E-state index is 12.1. The first-order valence-electron chi connectivity index (χ1n) is 8.21. The third kappa shape index (κ3) is 4.22. The molecular formula is C17H19N3O6S. The van der Waals surface area contributed by atoms with Crippen LogP contribution in [0.1, 0.15) is 12.2 Å². The maximum Gasteiger partial charge on any atom is 0.313 e. The zero-order valence-electron chi connectivity index (χ0n) is 14.6. The van der Waals surface area contributed by atoms with Gasteiger partial charge in [0, 0.05) is 12.6 Å². The lowest BCUT2D eigenvalue weighted by molar-refractivity contribution is -0.136. The molecule has 0 spiro atoms. The van der Waals surface area contributed by atoms with Gasteiger partial charge >= 0.3 is 11.8 Å². The summed E-state index contributed by atoms with van der Waals surface area (Å²) in [5.74, 6) is -0.836. The summed E-state index contributed by atoms with van der Waals surface area (Å²) in [6.07, 6.45) is 2.02. The van der Waals surface area contributed by atoms with Gasteiger partial charge in [0.05, 0.1) is 37.0 Å². The zero-order chi connectivity index (χ0) is 19.4. The van der Waals surface area contributed by atoms with Gasteiger partial charge in [0.15, 0.2) is 0 Å². The molecule has 27 heavy (non-hydrogen) atoms. The van der Waals surface area contributed by atoms with Crippen molar-refractivity contribution in [2.75, 3.05) is 29.0 Å². The van der Waals surface area contributed by atoms with Crippen molar-refractivity contribution in [2.45, 2.75) is 13.0 Å². The summed E-state index contributed by atoms with van der Waals surface area (Å²) in [5, 5.41) is 4.89. The van der Waals surface area contributed by atoms with Crippen LogP contribution in [0, 0.1) is 0 Å². The second-order valence-electron chi connectivity index (χ2n) is 5.84. The van der Waals surface area contributed by atoms with Crippen LogP contribution in [-0.2, 0) is 26.2 Å². The van der Waals surface area contributed by atoms with E-state index in [4.69, 9.17) is 9.15 Å². The second-order valence-corrected chi connectivity index (χ2v) is 7.86. The highest BCUT2D eigenvalue weighted by molar-refractivity contribution is 7.93. The molecule has 2 amide bonds. The van der Waals surface area contributed by atoms with Gasteiger partial charge in [0.25, 0.3) is 0 Å². The number of ether oxygens (including phenoxy) is 1. The first-order valence-corrected chi connectivity index (χ1v) is 9.81. The minimum absolute atomic E-state index is 0.0855. The van der Waals surface area contributed by atoms with E-state index < -0.39 is 21.8 Å². The van der Waals surface area contributed by atoms with E-state index in [1.807, 2.05) is 0 Å². The summed E-state index contributed by atoms with van der Waals surface area (Å²) in [6.45, 7) is 0.481. The molecule has 0 unspecified atom stereocenters. The highest BCUT2D eigenvalue weighted by atomic mass is 32.2. The van der Waals surface area contributed by atoms with E-state index in [2.05, 4.69) is 10.6 Å². The molecule has 2 heterocycles. The topological polar surface area (TPSA) is 118 Å². The van der Waals surface area contributed by atoms with Gasteiger partial charge in [-0.05, 0) is 30.7 Å². The Hall–Kier alpha value is -3.01. The number of rotatable bonds is 5. The number of sulfonamides is 1. The Balaban J connectivity index is 1.69. The Morgan fingerprint density at radius 2 is 2.07 bits per heavy atom. The van der Waals surface area contributed by atoms with Crippen LogP contribution in [-0.4, -0.2) is 39.6 Å². The predicted octanol–water partition coefficient (Wildman–Crippen LogP) is 1.08. The van der Waals surface area contributed by atoms with Gasteiger partial charge in [-0.2, -0.15) is 0 Å². The van der Waals surface area contributed by atoms with E-state index in [9.17, 15) is 18.0 Å². The largest absolute Gasteiger partial charge is 0.494 e. The van der Waals surface area contributed by atoms with Crippen LogP contribution in [0.2, 0.25) is 0 Å². The summed E-state index contributed by atoms with van der Waals surface area (Å²) in [5.41, 5.74) is 0.709. The van der Waals surface area contributed by atoms with Crippen molar-refractivity contribution in [1.29, 1.82) is 0 Å². The number of hydrogen-bond acceptors (Lipinski definition) is 6. The van der Waals surface area contributed by atoms with Gasteiger partial charge in [-0.1, -0.05) is 0 Å². The minimum atomic E-state index is -3.33. The van der Waals surface area contributed by atoms with E-state index >= 15 is 0 Å². The lowest BCUT2D eigenvalue weighted by atomic mass is 10.2. The van der Waals surface area contributed by atoms with Crippen molar-refractivity contribution >= 4 is 33.2 Å². The number of anilines is 2. The van der Waals surface area contributed by atoms with E-state index in [0.29, 0.717) is 24.4 Å². The molecule has 2 aromatic rings. The fourth-order valence-electron chi connectivity index (χ4n) is 2.71. The number of benzene rings is 1. The molecule has 144 valence electrons. The van der Waals surface area contributed by atoms with Crippen LogP contribution >= 0.6 is 0 Å². The van der Waals surface area contributed by atoms with Crippen molar-refractivity contribution in [3.8, 4) is 5.75 Å². The Labute approximate surface area is 156 Å². The predicted molar refractivity (Wildman–Crippen MR) is 97.9 cm³/mol. The van der Waals surface area contributed by atoms with Crippen LogP contribution in [0.15, 0.2) is 41.0 Å². The van der Waals surface area contributed by atoms with E-state index in [1.165, 1.54) is 29.8 Å². The Morgan fingerprint density at radius 3 is 2.70 bits per heavy atom. The standard InChI is InChI=1S/C17H19N3O6S/c1-25-15-10-12(20-7-3-9-27(20,23)24)5-6-14(15)19-17(22)16(21)18-11-13-4-2-8-26-13/h2,4-6,8,10H,3,7,9,11H2,1H3,(H,18,21)(H,19,22). The fraction of sp³-hybridized carbons (Fsp3) is 0.294. The van der Waals surface area contributed by atoms with Crippen molar-refractivity contribution in [3.63, 3.8) is 0 Å². The minimum Gasteiger partial charge on any atom is -0.494 e. The zero-order valence-corrected chi connectivity index (χ0v) is 15.4. The highest BCUT2D eigenvalue weighted by Gasteiger charge is 2.29. The molecule has 1 aromatic heterocycles. The van der Waals surface area contributed by atoms with Crippen LogP contribution < -0.4 is 19.7 Å². The molecule has 0 saturated carbocycles. The number of nitrogens with one attached hydrogen (secondary N) is 2. The first-order chi connectivity index (χ1) is 12.9. The van der Waals surface area contributed by atoms with Gasteiger partial charge in [-0.15, -0.1) is 0 Å². The average Bonchev–Trinajstić information content (AvgIpc) is 3.29. The lowest BCUT2D eigenvalue weighted by Gasteiger charge is -2.19. The Morgan fingerprint density at radius 1 is 1.26 bits per heavy atom. The molecular weight excluding hydrogens is 374 g/mol. The quantitative estimate of drug-likeness (QED) is 0.734. The summed E-state index contributed by atoms with van der Waals surface area (Å²) < 4.78 is 35.7. The smallest absolute Gasteiger partial charge is 0.313 e. The number of furan rings is 1. The van der Waals surface area contributed by atoms with E-state index in [1.54, 1.807) is 18.2 Å². The molecule has 1 aliphatic heterocycles. The second kappa shape index (κ2) is 7.70. The van der Waals surface area contributed by atoms with Crippen molar-refractivity contribution < 1.29 is 27.2 Å². The van der Waals surface area contributed by atoms with Crippen LogP contribution in [0.5, 0.6) is 5.75 Å². The van der Waals surface area contributed by atoms with Gasteiger partial charge in [0.2, 0.25) is 10.0 Å². The normalized spacial score (nSPS) is 15.4. The lowest BCUT2D eigenvalue weighted by Crippen LogP contribution is -2.35. The van der Waals surface area contributed by atoms with Crippen LogP contribution in [0.3, 0.4) is 0 Å². The molecule has 0 aliphatic carbocycles. The molecule has 1 aliphatic rings. The molecule has 1 saturated heterocycles. The maximum absolute atomic E-state index is 12.1. The average molecular weight is 393 g/mol. The third-order valence-electron chi connectivity index (χ3n) is 4.03. The number of carbonyl (C=O) groups is 2. The van der Waals surface area contributed by atoms with Gasteiger partial charge < -0.3 is 19.8 Å². The van der Waals surface area contributed by atoms with E-state index in [-0.39, 0.29) is 23.7 Å². The number of amides is 2. The first kappa shape index (κ1) is 18.8. The third-order valence-corrected chi connectivity index (χ3v) is 5.90. The Bertz CT molecular complexity index is 940. The number of methoxy groups -OCH3 is 1. The SMILES string of the molecule is COc1cc(N2CCCS2(=O)=O)ccc1NC(=O)C(=O)NCc1ccco1. The molecule has 0 atom stereocenters. The summed E-state index contributed by atoms with van der Waals surface area (Å²) in [6, 6.07) is 7.92. The highest BCUT2D eigenvalue weighted by Crippen LogP contribution is 2.32. The molecule has 0 radical (unpaired) electrons. The molecule has 3 rings (SSSR count). The number of carbonyl (C=O) groups excluding carboxylic acids is 2. The molecule has 10 heteroatoms. The van der Waals surface area contributed by atoms with Crippen molar-refractivity contribution in [2.24, 2.45) is 0 Å². The van der Waals surface area contributed by atoms with Crippen molar-refractivity contribution in [1.82, 2.24) is 5.32 Å². The molecule has 1 fully saturated rings. The number of nitrogens with zero attached hydrogens (tertiary/aromatic N) is 1. The van der Waals surface area contributed by atoms with E-state index in [0.717, 1.165) is 0 Å². The summed E-state index contributed by atoms with van der Waals surface area (Å²) in [4.78, 5) is 24.0.